The van der Waals surface area contributed by atoms with Gasteiger partial charge in [-0.25, -0.2) is 9.59 Å². The maximum atomic E-state index is 11.3. The van der Waals surface area contributed by atoms with E-state index >= 15 is 0 Å². The molecule has 1 heterocycles. The molecule has 0 unspecified atom stereocenters. The minimum Gasteiger partial charge on any atom is -0.479 e. The number of amides is 1. The lowest BCUT2D eigenvalue weighted by molar-refractivity contribution is -0.158. The van der Waals surface area contributed by atoms with Crippen molar-refractivity contribution in [1.29, 1.82) is 0 Å². The van der Waals surface area contributed by atoms with Gasteiger partial charge in [0.2, 0.25) is 0 Å². The highest BCUT2D eigenvalue weighted by Gasteiger charge is 2.34. The number of nitrogens with zero attached hydrogens (tertiary/aromatic N) is 1. The van der Waals surface area contributed by atoms with Crippen molar-refractivity contribution in [3.8, 4) is 0 Å². The Balaban J connectivity index is 2.22. The van der Waals surface area contributed by atoms with Crippen molar-refractivity contribution in [2.45, 2.75) is 39.1 Å². The van der Waals surface area contributed by atoms with Gasteiger partial charge in [0.05, 0.1) is 25.3 Å². The topological polar surface area (TPSA) is 76.1 Å². The highest BCUT2D eigenvalue weighted by atomic mass is 16.6. The minimum atomic E-state index is -0.997. The van der Waals surface area contributed by atoms with Crippen molar-refractivity contribution in [2.75, 3.05) is 13.1 Å². The molecule has 1 rings (SSSR count). The number of likely N-dealkylation sites (tertiary alicyclic amines) is 1. The van der Waals surface area contributed by atoms with Gasteiger partial charge in [-0.1, -0.05) is 0 Å². The number of carboxylic acid groups (broad SMARTS) is 1. The Bertz CT molecular complexity index is 272. The smallest absolute Gasteiger partial charge is 0.410 e. The van der Waals surface area contributed by atoms with Gasteiger partial charge in [0.25, 0.3) is 0 Å². The molecule has 0 aliphatic carbocycles. The van der Waals surface area contributed by atoms with Gasteiger partial charge in [0.15, 0.2) is 6.10 Å². The molecule has 1 saturated heterocycles. The second kappa shape index (κ2) is 5.16. The van der Waals surface area contributed by atoms with Crippen LogP contribution in [0.1, 0.15) is 20.8 Å². The maximum absolute atomic E-state index is 11.3. The molecule has 1 amide bonds. The first-order chi connectivity index (χ1) is 7.40. The molecule has 16 heavy (non-hydrogen) atoms. The molecule has 1 aliphatic rings. The third kappa shape index (κ3) is 3.37. The van der Waals surface area contributed by atoms with E-state index in [2.05, 4.69) is 0 Å². The largest absolute Gasteiger partial charge is 0.479 e. The van der Waals surface area contributed by atoms with E-state index in [0.717, 1.165) is 0 Å². The summed E-state index contributed by atoms with van der Waals surface area (Å²) in [5.41, 5.74) is 0. The molecular weight excluding hydrogens is 214 g/mol. The van der Waals surface area contributed by atoms with Crippen molar-refractivity contribution in [3.05, 3.63) is 0 Å². The van der Waals surface area contributed by atoms with E-state index in [4.69, 9.17) is 14.6 Å². The zero-order chi connectivity index (χ0) is 12.3. The number of carbonyl (C=O) groups excluding carboxylic acids is 1. The van der Waals surface area contributed by atoms with Crippen LogP contribution in [-0.4, -0.2) is 53.5 Å². The average Bonchev–Trinajstić information content (AvgIpc) is 2.08. The van der Waals surface area contributed by atoms with E-state index in [0.29, 0.717) is 13.1 Å². The first-order valence-corrected chi connectivity index (χ1v) is 5.24. The van der Waals surface area contributed by atoms with Crippen LogP contribution in [-0.2, 0) is 14.3 Å². The molecule has 1 N–H and O–H groups in total. The van der Waals surface area contributed by atoms with Gasteiger partial charge in [-0.3, -0.25) is 0 Å². The van der Waals surface area contributed by atoms with Crippen molar-refractivity contribution >= 4 is 12.1 Å². The Morgan fingerprint density at radius 1 is 1.31 bits per heavy atom. The van der Waals surface area contributed by atoms with E-state index in [9.17, 15) is 9.59 Å². The highest BCUT2D eigenvalue weighted by Crippen LogP contribution is 2.15. The lowest BCUT2D eigenvalue weighted by Crippen LogP contribution is -2.56. The van der Waals surface area contributed by atoms with Crippen molar-refractivity contribution in [2.24, 2.45) is 0 Å². The summed E-state index contributed by atoms with van der Waals surface area (Å²) in [6.07, 6.45) is -1.57. The van der Waals surface area contributed by atoms with Crippen LogP contribution in [0.4, 0.5) is 4.79 Å². The van der Waals surface area contributed by atoms with Crippen LogP contribution in [0.2, 0.25) is 0 Å². The molecule has 92 valence electrons. The lowest BCUT2D eigenvalue weighted by Gasteiger charge is -2.38. The first-order valence-electron chi connectivity index (χ1n) is 5.24. The molecule has 6 nitrogen and oxygen atoms in total. The van der Waals surface area contributed by atoms with Gasteiger partial charge < -0.3 is 19.5 Å². The van der Waals surface area contributed by atoms with Crippen molar-refractivity contribution < 1.29 is 24.2 Å². The van der Waals surface area contributed by atoms with E-state index in [1.165, 1.54) is 11.8 Å². The second-order valence-corrected chi connectivity index (χ2v) is 4.08. The number of carbonyl (C=O) groups is 2. The minimum absolute atomic E-state index is 0.148. The SMILES string of the molecule is CC(C)OC(=O)N1CC(O[C@H](C)C(=O)O)C1. The fraction of sp³-hybridized carbons (Fsp3) is 0.800. The molecule has 0 aromatic heterocycles. The summed E-state index contributed by atoms with van der Waals surface area (Å²) in [4.78, 5) is 23.3. The summed E-state index contributed by atoms with van der Waals surface area (Å²) in [6.45, 7) is 5.81. The zero-order valence-electron chi connectivity index (χ0n) is 9.67. The highest BCUT2D eigenvalue weighted by molar-refractivity contribution is 5.72. The maximum Gasteiger partial charge on any atom is 0.410 e. The van der Waals surface area contributed by atoms with Gasteiger partial charge in [-0.15, -0.1) is 0 Å². The summed E-state index contributed by atoms with van der Waals surface area (Å²) in [5, 5.41) is 8.61. The van der Waals surface area contributed by atoms with Gasteiger partial charge >= 0.3 is 12.1 Å². The van der Waals surface area contributed by atoms with Crippen LogP contribution < -0.4 is 0 Å². The molecule has 0 bridgehead atoms. The number of carboxylic acids is 1. The molecule has 1 aliphatic heterocycles. The summed E-state index contributed by atoms with van der Waals surface area (Å²) in [6, 6.07) is 0. The second-order valence-electron chi connectivity index (χ2n) is 4.08. The third-order valence-electron chi connectivity index (χ3n) is 2.19. The Morgan fingerprint density at radius 3 is 2.31 bits per heavy atom. The normalized spacial score (nSPS) is 18.1. The molecule has 1 fully saturated rings. The number of hydrogen-bond donors (Lipinski definition) is 1. The van der Waals surface area contributed by atoms with E-state index in [1.54, 1.807) is 13.8 Å². The molecular formula is C10H17NO5. The average molecular weight is 231 g/mol. The summed E-state index contributed by atoms with van der Waals surface area (Å²) >= 11 is 0. The van der Waals surface area contributed by atoms with Crippen molar-refractivity contribution in [3.63, 3.8) is 0 Å². The molecule has 0 radical (unpaired) electrons. The molecule has 6 heteroatoms. The summed E-state index contributed by atoms with van der Waals surface area (Å²) < 4.78 is 10.2. The van der Waals surface area contributed by atoms with Gasteiger partial charge in [0, 0.05) is 0 Å². The lowest BCUT2D eigenvalue weighted by atomic mass is 10.2. The van der Waals surface area contributed by atoms with Crippen LogP contribution in [0.25, 0.3) is 0 Å². The standard InChI is InChI=1S/C10H17NO5/c1-6(2)15-10(14)11-4-8(5-11)16-7(3)9(12)13/h6-8H,4-5H2,1-3H3,(H,12,13)/t7-/m1/s1. The number of aliphatic carboxylic acids is 1. The van der Waals surface area contributed by atoms with Crippen LogP contribution in [0.3, 0.4) is 0 Å². The fourth-order valence-corrected chi connectivity index (χ4v) is 1.30. The molecule has 0 saturated carbocycles. The Hall–Kier alpha value is -1.30. The van der Waals surface area contributed by atoms with E-state index in [1.807, 2.05) is 0 Å². The predicted octanol–water partition coefficient (Wildman–Crippen LogP) is 0.705. The molecule has 0 aromatic carbocycles. The summed E-state index contributed by atoms with van der Waals surface area (Å²) in [7, 11) is 0. The van der Waals surface area contributed by atoms with Crippen LogP contribution in [0, 0.1) is 0 Å². The first kappa shape index (κ1) is 12.8. The van der Waals surface area contributed by atoms with E-state index in [-0.39, 0.29) is 18.3 Å². The number of ether oxygens (including phenoxy) is 2. The van der Waals surface area contributed by atoms with Gasteiger partial charge in [-0.2, -0.15) is 0 Å². The van der Waals surface area contributed by atoms with Crippen LogP contribution >= 0.6 is 0 Å². The summed E-state index contributed by atoms with van der Waals surface area (Å²) in [5.74, 6) is -0.997. The Kier molecular flexibility index (Phi) is 4.12. The quantitative estimate of drug-likeness (QED) is 0.771. The fourth-order valence-electron chi connectivity index (χ4n) is 1.30. The van der Waals surface area contributed by atoms with Crippen molar-refractivity contribution in [1.82, 2.24) is 4.90 Å². The Labute approximate surface area is 94.1 Å². The molecule has 0 aromatic rings. The Morgan fingerprint density at radius 2 is 1.88 bits per heavy atom. The van der Waals surface area contributed by atoms with Gasteiger partial charge in [-0.05, 0) is 20.8 Å². The predicted molar refractivity (Wildman–Crippen MR) is 55.2 cm³/mol. The number of rotatable bonds is 4. The van der Waals surface area contributed by atoms with Crippen LogP contribution in [0.5, 0.6) is 0 Å². The van der Waals surface area contributed by atoms with Gasteiger partial charge in [0.1, 0.15) is 0 Å². The molecule has 1 atom stereocenters. The zero-order valence-corrected chi connectivity index (χ0v) is 9.67. The van der Waals surface area contributed by atoms with E-state index < -0.39 is 12.1 Å². The molecule has 0 spiro atoms. The monoisotopic (exact) mass is 231 g/mol. The number of hydrogen-bond acceptors (Lipinski definition) is 4. The van der Waals surface area contributed by atoms with Crippen LogP contribution in [0.15, 0.2) is 0 Å². The third-order valence-corrected chi connectivity index (χ3v) is 2.19.